The molecule has 0 saturated carbocycles. The summed E-state index contributed by atoms with van der Waals surface area (Å²) in [4.78, 5) is 19.3. The number of fused-ring (bicyclic) bond motifs is 1. The number of likely N-dealkylation sites (tertiary alicyclic amines) is 1. The van der Waals surface area contributed by atoms with Gasteiger partial charge in [-0.25, -0.2) is 13.8 Å². The van der Waals surface area contributed by atoms with Gasteiger partial charge in [-0.15, -0.1) is 0 Å². The monoisotopic (exact) mass is 459 g/mol. The Morgan fingerprint density at radius 1 is 1.12 bits per heavy atom. The Balaban J connectivity index is 1.64. The van der Waals surface area contributed by atoms with Crippen LogP contribution in [0.2, 0.25) is 0 Å². The molecule has 3 aromatic rings. The van der Waals surface area contributed by atoms with E-state index in [9.17, 15) is 9.18 Å². The Morgan fingerprint density at radius 3 is 2.59 bits per heavy atom. The van der Waals surface area contributed by atoms with Gasteiger partial charge in [0.15, 0.2) is 5.70 Å². The summed E-state index contributed by atoms with van der Waals surface area (Å²) in [7, 11) is 1.84. The maximum atomic E-state index is 16.0. The van der Waals surface area contributed by atoms with E-state index < -0.39 is 23.5 Å². The maximum Gasteiger partial charge on any atom is 0.275 e. The zero-order chi connectivity index (χ0) is 24.0. The topological polar surface area (TPSA) is 74.3 Å². The normalized spacial score (nSPS) is 18.4. The van der Waals surface area contributed by atoms with Crippen LogP contribution in [0.3, 0.4) is 0 Å². The lowest BCUT2D eigenvalue weighted by Gasteiger charge is -2.26. The van der Waals surface area contributed by atoms with Gasteiger partial charge >= 0.3 is 0 Å². The van der Waals surface area contributed by atoms with Crippen molar-refractivity contribution in [1.29, 1.82) is 5.26 Å². The Kier molecular flexibility index (Phi) is 5.48. The van der Waals surface area contributed by atoms with E-state index in [1.807, 2.05) is 26.1 Å². The Bertz CT molecular complexity index is 1420. The number of benzene rings is 2. The average molecular weight is 460 g/mol. The average Bonchev–Trinajstić information content (AvgIpc) is 3.34. The molecule has 6 nitrogen and oxygen atoms in total. The van der Waals surface area contributed by atoms with Crippen molar-refractivity contribution in [3.8, 4) is 6.07 Å². The predicted octanol–water partition coefficient (Wildman–Crippen LogP) is 4.67. The first-order chi connectivity index (χ1) is 16.4. The second-order valence-corrected chi connectivity index (χ2v) is 8.77. The number of halogens is 2. The minimum Gasteiger partial charge on any atom is -0.337 e. The summed E-state index contributed by atoms with van der Waals surface area (Å²) >= 11 is 0. The summed E-state index contributed by atoms with van der Waals surface area (Å²) < 4.78 is 32.2. The number of hydrogen-bond acceptors (Lipinski definition) is 4. The molecule has 1 amide bonds. The number of aromatic nitrogens is 2. The number of rotatable bonds is 3. The van der Waals surface area contributed by atoms with E-state index in [-0.39, 0.29) is 17.0 Å². The minimum absolute atomic E-state index is 0.107. The van der Waals surface area contributed by atoms with Gasteiger partial charge in [0.1, 0.15) is 17.7 Å². The third-order valence-electron chi connectivity index (χ3n) is 6.70. The number of piperidine rings is 1. The molecule has 0 spiro atoms. The number of aliphatic imine (C=N–C) groups is 1. The van der Waals surface area contributed by atoms with Crippen LogP contribution in [0.4, 0.5) is 8.78 Å². The molecule has 172 valence electrons. The standard InChI is InChI=1S/C26H23F2N5O/c1-15-19-12-16(8-9-21(19)31-32(15)2)22-23(28)25(26(34)33-10-4-3-5-11-33)30-24(22)17-6-7-18(14-29)20(27)13-17/h6-9,12-13,22H,3-5,10-11H2,1-2H3. The molecule has 2 aromatic carbocycles. The van der Waals surface area contributed by atoms with Crippen molar-refractivity contribution in [2.24, 2.45) is 12.0 Å². The zero-order valence-electron chi connectivity index (χ0n) is 19.0. The zero-order valence-corrected chi connectivity index (χ0v) is 19.0. The molecule has 0 radical (unpaired) electrons. The first-order valence-electron chi connectivity index (χ1n) is 11.3. The van der Waals surface area contributed by atoms with Gasteiger partial charge in [-0.3, -0.25) is 9.48 Å². The summed E-state index contributed by atoms with van der Waals surface area (Å²) in [5.74, 6) is -2.75. The van der Waals surface area contributed by atoms with Gasteiger partial charge in [0.25, 0.3) is 5.91 Å². The van der Waals surface area contributed by atoms with Crippen molar-refractivity contribution in [2.45, 2.75) is 32.1 Å². The van der Waals surface area contributed by atoms with Gasteiger partial charge in [-0.05, 0) is 56.0 Å². The van der Waals surface area contributed by atoms with Gasteiger partial charge < -0.3 is 4.90 Å². The fraction of sp³-hybridized carbons (Fsp3) is 0.308. The van der Waals surface area contributed by atoms with Crippen LogP contribution in [-0.2, 0) is 11.8 Å². The molecule has 3 heterocycles. The maximum absolute atomic E-state index is 16.0. The largest absolute Gasteiger partial charge is 0.337 e. The van der Waals surface area contributed by atoms with E-state index >= 15 is 4.39 Å². The van der Waals surface area contributed by atoms with Crippen molar-refractivity contribution in [3.05, 3.63) is 76.1 Å². The lowest BCUT2D eigenvalue weighted by molar-refractivity contribution is -0.128. The molecule has 1 atom stereocenters. The molecule has 2 aliphatic heterocycles. The molecule has 0 N–H and O–H groups in total. The van der Waals surface area contributed by atoms with Crippen molar-refractivity contribution in [2.75, 3.05) is 13.1 Å². The molecule has 0 aliphatic carbocycles. The van der Waals surface area contributed by atoms with Crippen molar-refractivity contribution >= 4 is 22.5 Å². The lowest BCUT2D eigenvalue weighted by atomic mass is 9.88. The van der Waals surface area contributed by atoms with E-state index in [4.69, 9.17) is 5.26 Å². The fourth-order valence-corrected chi connectivity index (χ4v) is 4.71. The van der Waals surface area contributed by atoms with Gasteiger partial charge in [0.2, 0.25) is 0 Å². The van der Waals surface area contributed by atoms with E-state index in [0.29, 0.717) is 24.2 Å². The van der Waals surface area contributed by atoms with Gasteiger partial charge in [0.05, 0.1) is 22.7 Å². The van der Waals surface area contributed by atoms with Crippen LogP contribution >= 0.6 is 0 Å². The highest BCUT2D eigenvalue weighted by Crippen LogP contribution is 2.40. The number of carbonyl (C=O) groups is 1. The number of hydrogen-bond donors (Lipinski definition) is 0. The van der Waals surface area contributed by atoms with E-state index in [2.05, 4.69) is 10.1 Å². The number of nitriles is 1. The SMILES string of the molecule is Cc1c2cc(C3C(c4ccc(C#N)c(F)c4)=NC(C(=O)N4CCCCC4)=C3F)ccc2nn1C. The molecule has 8 heteroatoms. The van der Waals surface area contributed by atoms with E-state index in [1.54, 1.807) is 27.8 Å². The third kappa shape index (κ3) is 3.58. The highest BCUT2D eigenvalue weighted by molar-refractivity contribution is 6.13. The minimum atomic E-state index is -0.958. The molecule has 34 heavy (non-hydrogen) atoms. The molecule has 1 fully saturated rings. The van der Waals surface area contributed by atoms with Gasteiger partial charge in [-0.1, -0.05) is 12.1 Å². The second-order valence-electron chi connectivity index (χ2n) is 8.77. The Hall–Kier alpha value is -3.86. The smallest absolute Gasteiger partial charge is 0.275 e. The fourth-order valence-electron chi connectivity index (χ4n) is 4.71. The van der Waals surface area contributed by atoms with E-state index in [1.165, 1.54) is 12.1 Å². The van der Waals surface area contributed by atoms with Crippen LogP contribution in [0, 0.1) is 24.1 Å². The van der Waals surface area contributed by atoms with Crippen LogP contribution < -0.4 is 0 Å². The third-order valence-corrected chi connectivity index (χ3v) is 6.70. The molecule has 1 aromatic heterocycles. The molecule has 1 unspecified atom stereocenters. The first kappa shape index (κ1) is 22.0. The summed E-state index contributed by atoms with van der Waals surface area (Å²) in [5.41, 5.74) is 2.55. The van der Waals surface area contributed by atoms with Crippen LogP contribution in [0.5, 0.6) is 0 Å². The van der Waals surface area contributed by atoms with Crippen LogP contribution in [0.15, 0.2) is 52.9 Å². The summed E-state index contributed by atoms with van der Waals surface area (Å²) in [6.07, 6.45) is 2.79. The van der Waals surface area contributed by atoms with Crippen LogP contribution in [-0.4, -0.2) is 39.4 Å². The van der Waals surface area contributed by atoms with Gasteiger partial charge in [-0.2, -0.15) is 10.4 Å². The quantitative estimate of drug-likeness (QED) is 0.571. The molecular weight excluding hydrogens is 436 g/mol. The number of allylic oxidation sites excluding steroid dienone is 1. The Morgan fingerprint density at radius 2 is 1.88 bits per heavy atom. The first-order valence-corrected chi connectivity index (χ1v) is 11.3. The Labute approximate surface area is 195 Å². The number of amides is 1. The van der Waals surface area contributed by atoms with Gasteiger partial charge in [0, 0.05) is 36.8 Å². The second kappa shape index (κ2) is 8.49. The highest BCUT2D eigenvalue weighted by atomic mass is 19.1. The lowest BCUT2D eigenvalue weighted by Crippen LogP contribution is -2.36. The van der Waals surface area contributed by atoms with Crippen LogP contribution in [0.1, 0.15) is 47.6 Å². The number of aryl methyl sites for hydroxylation is 2. The number of carbonyl (C=O) groups excluding carboxylic acids is 1. The molecular formula is C26H23F2N5O. The van der Waals surface area contributed by atoms with Crippen molar-refractivity contribution in [1.82, 2.24) is 14.7 Å². The van der Waals surface area contributed by atoms with Crippen molar-refractivity contribution < 1.29 is 13.6 Å². The molecule has 1 saturated heterocycles. The number of nitrogens with zero attached hydrogens (tertiary/aromatic N) is 5. The summed E-state index contributed by atoms with van der Waals surface area (Å²) in [5, 5.41) is 14.4. The summed E-state index contributed by atoms with van der Waals surface area (Å²) in [6, 6.07) is 11.3. The van der Waals surface area contributed by atoms with E-state index in [0.717, 1.165) is 35.9 Å². The van der Waals surface area contributed by atoms with Crippen LogP contribution in [0.25, 0.3) is 10.9 Å². The molecule has 5 rings (SSSR count). The molecule has 0 bridgehead atoms. The molecule has 2 aliphatic rings. The van der Waals surface area contributed by atoms with Crippen molar-refractivity contribution in [3.63, 3.8) is 0 Å². The predicted molar refractivity (Wildman–Crippen MR) is 124 cm³/mol. The summed E-state index contributed by atoms with van der Waals surface area (Å²) in [6.45, 7) is 3.06. The highest BCUT2D eigenvalue weighted by Gasteiger charge is 2.37.